The number of carbonyl (C=O) groups excluding carboxylic acids is 4. The minimum atomic E-state index is -3.71. The molecule has 6 saturated heterocycles. The van der Waals surface area contributed by atoms with Crippen molar-refractivity contribution >= 4 is 35.6 Å². The van der Waals surface area contributed by atoms with Gasteiger partial charge in [0.25, 0.3) is 11.6 Å². The first-order valence-corrected chi connectivity index (χ1v) is 45.1. The molecule has 732 valence electrons. The molecule has 0 bridgehead atoms. The Labute approximate surface area is 735 Å². The number of allylic oxidation sites excluding steroid dienone is 1. The number of aliphatic hydroxyl groups excluding tert-OH is 19. The van der Waals surface area contributed by atoms with E-state index in [4.69, 9.17) is 52.1 Å². The van der Waals surface area contributed by atoms with E-state index in [0.717, 1.165) is 85.0 Å². The Morgan fingerprint density at radius 3 is 1.43 bits per heavy atom. The van der Waals surface area contributed by atoms with Gasteiger partial charge in [-0.3, -0.25) is 19.2 Å². The number of amides is 4. The van der Waals surface area contributed by atoms with E-state index in [-0.39, 0.29) is 6.42 Å². The highest BCUT2D eigenvalue weighted by molar-refractivity contribution is 5.78. The van der Waals surface area contributed by atoms with E-state index in [2.05, 4.69) is 29.8 Å². The summed E-state index contributed by atoms with van der Waals surface area (Å²) in [6, 6.07) is -7.41. The van der Waals surface area contributed by atoms with Crippen LogP contribution in [-0.4, -0.2) is 395 Å². The molecule has 0 saturated carbocycles. The van der Waals surface area contributed by atoms with E-state index in [1.165, 1.54) is 109 Å². The van der Waals surface area contributed by atoms with Crippen molar-refractivity contribution in [3.05, 3.63) is 12.2 Å². The summed E-state index contributed by atoms with van der Waals surface area (Å²) in [6.45, 7) is 1.08. The van der Waals surface area contributed by atoms with Crippen LogP contribution in [0.3, 0.4) is 0 Å². The minimum Gasteiger partial charge on any atom is -0.477 e. The van der Waals surface area contributed by atoms with Crippen LogP contribution < -0.4 is 16.0 Å². The number of ether oxygens (including phenoxy) is 11. The summed E-state index contributed by atoms with van der Waals surface area (Å²) >= 11 is 0. The maximum absolute atomic E-state index is 14.4. The lowest BCUT2D eigenvalue weighted by molar-refractivity contribution is -0.404. The number of carbonyl (C=O) groups is 6. The number of carboxylic acid groups (broad SMARTS) is 2. The smallest absolute Gasteiger partial charge is 0.364 e. The van der Waals surface area contributed by atoms with Crippen molar-refractivity contribution < 1.29 is 188 Å². The fraction of sp³-hybridized carbons (Fsp3) is 0.905. The van der Waals surface area contributed by atoms with Crippen LogP contribution in [0.4, 0.5) is 0 Å². The number of nitrogens with zero attached hydrogens (tertiary/aromatic N) is 1. The number of hydrogen-bond donors (Lipinski definition) is 24. The molecule has 42 heteroatoms. The Kier molecular flexibility index (Phi) is 48.2. The second-order valence-corrected chi connectivity index (χ2v) is 34.3. The molecule has 34 atom stereocenters. The number of hydrogen-bond acceptors (Lipinski definition) is 36. The Bertz CT molecular complexity index is 3200. The van der Waals surface area contributed by atoms with Gasteiger partial charge in [-0.1, -0.05) is 180 Å². The summed E-state index contributed by atoms with van der Waals surface area (Å²) in [7, 11) is 0. The first-order chi connectivity index (χ1) is 60.0. The Hall–Kier alpha value is -4.64. The molecule has 6 aliphatic heterocycles. The highest BCUT2D eigenvalue weighted by atomic mass is 16.8. The molecule has 42 nitrogen and oxygen atoms in total. The van der Waals surface area contributed by atoms with Crippen molar-refractivity contribution in [2.75, 3.05) is 39.6 Å². The van der Waals surface area contributed by atoms with Crippen LogP contribution in [0.2, 0.25) is 0 Å². The first kappa shape index (κ1) is 110. The van der Waals surface area contributed by atoms with E-state index in [9.17, 15) is 136 Å². The second kappa shape index (κ2) is 55.1. The number of carboxylic acids is 2. The number of rotatable bonds is 57. The van der Waals surface area contributed by atoms with Crippen molar-refractivity contribution in [3.8, 4) is 0 Å². The standard InChI is InChI=1S/C84H148N4O38/c1-7-9-11-13-15-17-19-21-22-24-26-28-30-32-34-36-58(101)87-49(50(97)35-33-31-29-27-25-23-20-18-16-14-12-10-8-2)44-116-79-70(110)68(108)72(56(42-92)119-79)121-80-71(111)76(73(57(43-93)120-80)122-78-61(66(106)64(104)54(40-90)118-78)88(48(6)96)77-69(109)67(107)62(102)45(3)117-77)126-84(82(114)115)38-52(99)60(86-47(5)95)75(125-84)65(105)55(41-91)123-83(81(112)113)37-51(98)59(85-46(4)94)74(124-83)63(103)53(100)39-89/h33,35,45,49-57,59-80,89-93,97-100,102-111H,7-32,34,36-44H2,1-6H3,(H,85,94)(H,86,95)(H,87,101)(H,112,113)(H,114,115)/b35-33+/t45?,49-,50+,51?,52?,53+,54?,55+,56?,57?,59+,60+,61?,62+,63+,64-,65+,66+,67?,68+,69-,70?,71?,72+,73-,74?,75?,76+,77-,78-,79+,80-,83+,84-/m0/s1. The minimum absolute atomic E-state index is 0.0847. The molecule has 6 aliphatic rings. The quantitative estimate of drug-likeness (QED) is 0.0211. The maximum atomic E-state index is 14.4. The van der Waals surface area contributed by atoms with Crippen LogP contribution in [0.15, 0.2) is 12.2 Å². The van der Waals surface area contributed by atoms with Crippen molar-refractivity contribution in [3.63, 3.8) is 0 Å². The normalized spacial score (nSPS) is 35.3. The van der Waals surface area contributed by atoms with E-state index in [0.29, 0.717) is 17.7 Å². The zero-order valence-electron chi connectivity index (χ0n) is 73.4. The fourth-order valence-electron chi connectivity index (χ4n) is 17.1. The summed E-state index contributed by atoms with van der Waals surface area (Å²) in [4.78, 5) is 81.6. The van der Waals surface area contributed by atoms with E-state index in [1.54, 1.807) is 6.08 Å². The molecule has 4 amide bonds. The van der Waals surface area contributed by atoms with Gasteiger partial charge >= 0.3 is 11.9 Å². The number of aliphatic carboxylic acids is 2. The molecule has 0 aliphatic carbocycles. The van der Waals surface area contributed by atoms with Crippen LogP contribution in [0.1, 0.15) is 234 Å². The fourth-order valence-corrected chi connectivity index (χ4v) is 17.1. The lowest BCUT2D eigenvalue weighted by Gasteiger charge is -2.54. The van der Waals surface area contributed by atoms with Crippen molar-refractivity contribution in [2.45, 2.75) is 442 Å². The summed E-state index contributed by atoms with van der Waals surface area (Å²) < 4.78 is 66.5. The average Bonchev–Trinajstić information content (AvgIpc) is 0.753. The number of unbranched alkanes of at least 4 members (excludes halogenated alkanes) is 25. The lowest BCUT2D eigenvalue weighted by atomic mass is 9.87. The molecule has 0 aromatic carbocycles. The summed E-state index contributed by atoms with van der Waals surface area (Å²) in [5.41, 5.74) is 0. The molecular formula is C84H148N4O38. The Balaban J connectivity index is 1.34. The first-order valence-electron chi connectivity index (χ1n) is 45.1. The summed E-state index contributed by atoms with van der Waals surface area (Å²) in [5.74, 6) is -15.3. The molecule has 6 heterocycles. The zero-order chi connectivity index (χ0) is 93.3. The predicted molar refractivity (Wildman–Crippen MR) is 438 cm³/mol. The number of nitrogens with one attached hydrogen (secondary N) is 3. The molecule has 0 spiro atoms. The summed E-state index contributed by atoms with van der Waals surface area (Å²) in [5, 5.41) is 247. The molecule has 6 fully saturated rings. The molecule has 0 aromatic heterocycles. The Morgan fingerprint density at radius 2 is 0.944 bits per heavy atom. The van der Waals surface area contributed by atoms with Crippen LogP contribution in [0.25, 0.3) is 0 Å². The van der Waals surface area contributed by atoms with E-state index >= 15 is 0 Å². The third kappa shape index (κ3) is 31.0. The monoisotopic (exact) mass is 1820 g/mol. The van der Waals surface area contributed by atoms with E-state index in [1.807, 2.05) is 0 Å². The molecule has 0 radical (unpaired) electrons. The van der Waals surface area contributed by atoms with Crippen LogP contribution in [0.5, 0.6) is 0 Å². The molecule has 6 rings (SSSR count). The van der Waals surface area contributed by atoms with Gasteiger partial charge in [-0.2, -0.15) is 0 Å². The topological polar surface area (TPSA) is 668 Å². The van der Waals surface area contributed by atoms with Gasteiger partial charge in [-0.05, 0) is 26.2 Å². The van der Waals surface area contributed by atoms with Gasteiger partial charge < -0.3 is 180 Å². The Morgan fingerprint density at radius 1 is 0.484 bits per heavy atom. The SMILES string of the molecule is CCCCCCCCCCCCC/C=C/[C@@H](O)[C@H](CO[C@@H]1OC(CO)[C@@H](O[C@@H]2OC(CO)[C@H](O[C@@H]3OC(CO)[C@H](O)[C@H](O)C3N(C(C)=O)[C@H]3OC(C)[C@@H](O)C(O)[C@@H]3O)[C@H](O[C@]3(C(=O)O)CC(O)[C@@H](NC(C)=O)C([C@H](O)[C@@H](CO)O[C@]4(C(=O)O)CC(O)[C@@H](NC(C)=O)C([C@H](O)[C@H](O)CO)O4)O3)C2O)[C@H](O)C1O)NC(=O)CCCCCCCCCCCCCCCCC. The van der Waals surface area contributed by atoms with Crippen LogP contribution in [-0.2, 0) is 80.9 Å². The number of aliphatic hydroxyl groups is 19. The molecule has 12 unspecified atom stereocenters. The second-order valence-electron chi connectivity index (χ2n) is 34.3. The summed E-state index contributed by atoms with van der Waals surface area (Å²) in [6.07, 6.45) is -32.6. The van der Waals surface area contributed by atoms with Gasteiger partial charge in [0.15, 0.2) is 25.1 Å². The molecule has 0 aromatic rings. The molecule has 126 heavy (non-hydrogen) atoms. The van der Waals surface area contributed by atoms with Crippen LogP contribution >= 0.6 is 0 Å². The highest BCUT2D eigenvalue weighted by Crippen LogP contribution is 2.44. The third-order valence-corrected chi connectivity index (χ3v) is 24.4. The highest BCUT2D eigenvalue weighted by Gasteiger charge is 2.65. The van der Waals surface area contributed by atoms with Crippen LogP contribution in [0, 0.1) is 0 Å². The van der Waals surface area contributed by atoms with E-state index < -0.39 is 295 Å². The van der Waals surface area contributed by atoms with Crippen molar-refractivity contribution in [2.24, 2.45) is 0 Å². The molecular weight excluding hydrogens is 1670 g/mol. The predicted octanol–water partition coefficient (Wildman–Crippen LogP) is -3.15. The van der Waals surface area contributed by atoms with Gasteiger partial charge in [-0.15, -0.1) is 0 Å². The third-order valence-electron chi connectivity index (χ3n) is 24.4. The van der Waals surface area contributed by atoms with Gasteiger partial charge in [0.1, 0.15) is 128 Å². The van der Waals surface area contributed by atoms with Crippen molar-refractivity contribution in [1.29, 1.82) is 0 Å². The largest absolute Gasteiger partial charge is 0.477 e. The maximum Gasteiger partial charge on any atom is 0.364 e. The van der Waals surface area contributed by atoms with Gasteiger partial charge in [0.2, 0.25) is 23.6 Å². The van der Waals surface area contributed by atoms with Gasteiger partial charge in [0.05, 0.1) is 82.2 Å². The molecule has 24 N–H and O–H groups in total. The van der Waals surface area contributed by atoms with Gasteiger partial charge in [0, 0.05) is 40.0 Å². The van der Waals surface area contributed by atoms with Gasteiger partial charge in [-0.25, -0.2) is 9.59 Å². The lowest BCUT2D eigenvalue weighted by Crippen LogP contribution is -2.73. The average molecular weight is 1820 g/mol. The van der Waals surface area contributed by atoms with Crippen molar-refractivity contribution in [1.82, 2.24) is 20.9 Å². The zero-order valence-corrected chi connectivity index (χ0v) is 73.4.